The van der Waals surface area contributed by atoms with Crippen LogP contribution < -0.4 is 4.74 Å². The van der Waals surface area contributed by atoms with Gasteiger partial charge in [-0.3, -0.25) is 9.69 Å². The molecule has 38 heavy (non-hydrogen) atoms. The maximum Gasteiger partial charge on any atom is 0.253 e. The molecule has 6 rings (SSSR count). The van der Waals surface area contributed by atoms with Crippen LogP contribution in [0.2, 0.25) is 0 Å². The zero-order valence-electron chi connectivity index (χ0n) is 22.0. The quantitative estimate of drug-likeness (QED) is 0.285. The average molecular weight is 505 g/mol. The van der Waals surface area contributed by atoms with Crippen molar-refractivity contribution in [3.63, 3.8) is 0 Å². The Morgan fingerprint density at radius 3 is 2.16 bits per heavy atom. The molecule has 2 heterocycles. The van der Waals surface area contributed by atoms with Gasteiger partial charge in [0, 0.05) is 30.8 Å². The van der Waals surface area contributed by atoms with Gasteiger partial charge in [-0.1, -0.05) is 78.9 Å². The summed E-state index contributed by atoms with van der Waals surface area (Å²) in [6, 6.07) is 33.1. The van der Waals surface area contributed by atoms with Crippen molar-refractivity contribution in [1.29, 1.82) is 0 Å². The van der Waals surface area contributed by atoms with Gasteiger partial charge in [-0.2, -0.15) is 0 Å². The summed E-state index contributed by atoms with van der Waals surface area (Å²) in [7, 11) is 0. The van der Waals surface area contributed by atoms with E-state index < -0.39 is 0 Å². The maximum absolute atomic E-state index is 13.3. The van der Waals surface area contributed by atoms with Crippen LogP contribution >= 0.6 is 0 Å². The fraction of sp³-hybridized carbons (Fsp3) is 0.324. The highest BCUT2D eigenvalue weighted by atomic mass is 16.5. The Balaban J connectivity index is 1.02. The topological polar surface area (TPSA) is 32.8 Å². The van der Waals surface area contributed by atoms with Crippen LogP contribution in [0.15, 0.2) is 97.1 Å². The van der Waals surface area contributed by atoms with Gasteiger partial charge in [0.25, 0.3) is 5.91 Å². The number of amides is 1. The minimum absolute atomic E-state index is 0.176. The number of likely N-dealkylation sites (tertiary alicyclic amines) is 2. The number of hydrogen-bond acceptors (Lipinski definition) is 3. The van der Waals surface area contributed by atoms with Crippen molar-refractivity contribution < 1.29 is 9.53 Å². The average Bonchev–Trinajstić information content (AvgIpc) is 2.98. The van der Waals surface area contributed by atoms with E-state index in [9.17, 15) is 4.79 Å². The number of ether oxygens (including phenoxy) is 1. The molecule has 194 valence electrons. The standard InChI is InChI=1S/C34H36N2O2/c37-33(30-15-14-28-10-4-5-11-29(28)24-30)36-22-18-34(19-23-36)16-20-35(21-17-34)25-31-12-6-7-13-32(31)38-26-27-8-2-1-3-9-27/h1-15,24H,16-23,25-26H2. The third-order valence-corrected chi connectivity index (χ3v) is 8.63. The highest BCUT2D eigenvalue weighted by Gasteiger charge is 2.38. The summed E-state index contributed by atoms with van der Waals surface area (Å²) in [5.41, 5.74) is 3.63. The molecule has 0 bridgehead atoms. The number of hydrogen-bond donors (Lipinski definition) is 0. The lowest BCUT2D eigenvalue weighted by Crippen LogP contribution is -2.48. The number of para-hydroxylation sites is 1. The number of nitrogens with zero attached hydrogens (tertiary/aromatic N) is 2. The molecule has 0 unspecified atom stereocenters. The fourth-order valence-corrected chi connectivity index (χ4v) is 6.13. The van der Waals surface area contributed by atoms with Gasteiger partial charge in [0.2, 0.25) is 0 Å². The molecule has 0 N–H and O–H groups in total. The van der Waals surface area contributed by atoms with Crippen molar-refractivity contribution >= 4 is 16.7 Å². The second kappa shape index (κ2) is 11.0. The van der Waals surface area contributed by atoms with Crippen molar-refractivity contribution in [1.82, 2.24) is 9.80 Å². The van der Waals surface area contributed by atoms with E-state index in [2.05, 4.69) is 76.5 Å². The van der Waals surface area contributed by atoms with Crippen LogP contribution in [0.5, 0.6) is 5.75 Å². The Bertz CT molecular complexity index is 1380. The van der Waals surface area contributed by atoms with Crippen LogP contribution in [0.1, 0.15) is 47.2 Å². The molecule has 0 saturated carbocycles. The van der Waals surface area contributed by atoms with E-state index in [1.54, 1.807) is 0 Å². The predicted molar refractivity (Wildman–Crippen MR) is 153 cm³/mol. The van der Waals surface area contributed by atoms with E-state index >= 15 is 0 Å². The van der Waals surface area contributed by atoms with Crippen LogP contribution in [0.25, 0.3) is 10.8 Å². The molecule has 0 aliphatic carbocycles. The smallest absolute Gasteiger partial charge is 0.253 e. The van der Waals surface area contributed by atoms with Gasteiger partial charge in [-0.15, -0.1) is 0 Å². The minimum atomic E-state index is 0.176. The lowest BCUT2D eigenvalue weighted by atomic mass is 9.71. The van der Waals surface area contributed by atoms with Crippen molar-refractivity contribution in [2.24, 2.45) is 5.41 Å². The summed E-state index contributed by atoms with van der Waals surface area (Å²) in [5.74, 6) is 1.16. The molecule has 2 aliphatic heterocycles. The SMILES string of the molecule is O=C(c1ccc2ccccc2c1)N1CCC2(CCN(Cc3ccccc3OCc3ccccc3)CC2)CC1. The molecule has 4 aromatic carbocycles. The monoisotopic (exact) mass is 504 g/mol. The highest BCUT2D eigenvalue weighted by Crippen LogP contribution is 2.42. The van der Waals surface area contributed by atoms with Crippen LogP contribution in [-0.4, -0.2) is 41.9 Å². The number of benzene rings is 4. The first kappa shape index (κ1) is 24.7. The number of carbonyl (C=O) groups is 1. The van der Waals surface area contributed by atoms with Crippen LogP contribution in [0.4, 0.5) is 0 Å². The molecular weight excluding hydrogens is 468 g/mol. The molecule has 4 nitrogen and oxygen atoms in total. The Hall–Kier alpha value is -3.63. The van der Waals surface area contributed by atoms with Gasteiger partial charge in [-0.05, 0) is 78.7 Å². The van der Waals surface area contributed by atoms with Gasteiger partial charge in [-0.25, -0.2) is 0 Å². The van der Waals surface area contributed by atoms with E-state index in [0.717, 1.165) is 62.3 Å². The lowest BCUT2D eigenvalue weighted by molar-refractivity contribution is 0.0283. The third kappa shape index (κ3) is 5.46. The fourth-order valence-electron chi connectivity index (χ4n) is 6.13. The first-order valence-electron chi connectivity index (χ1n) is 13.9. The minimum Gasteiger partial charge on any atom is -0.489 e. The molecule has 0 atom stereocenters. The van der Waals surface area contributed by atoms with E-state index in [1.807, 2.05) is 30.3 Å². The second-order valence-corrected chi connectivity index (χ2v) is 11.0. The van der Waals surface area contributed by atoms with Crippen molar-refractivity contribution in [2.75, 3.05) is 26.2 Å². The van der Waals surface area contributed by atoms with Crippen molar-refractivity contribution in [3.8, 4) is 5.75 Å². The molecule has 2 aliphatic rings. The zero-order chi connectivity index (χ0) is 25.8. The number of rotatable bonds is 6. The molecule has 4 heteroatoms. The van der Waals surface area contributed by atoms with Crippen LogP contribution in [0.3, 0.4) is 0 Å². The summed E-state index contributed by atoms with van der Waals surface area (Å²) >= 11 is 0. The van der Waals surface area contributed by atoms with Gasteiger partial charge in [0.15, 0.2) is 0 Å². The van der Waals surface area contributed by atoms with Crippen molar-refractivity contribution in [3.05, 3.63) is 114 Å². The number of carbonyl (C=O) groups excluding carboxylic acids is 1. The summed E-state index contributed by atoms with van der Waals surface area (Å²) in [6.45, 7) is 5.45. The molecule has 1 amide bonds. The molecular formula is C34H36N2O2. The number of piperidine rings is 2. The molecule has 0 radical (unpaired) electrons. The van der Waals surface area contributed by atoms with E-state index in [-0.39, 0.29) is 5.91 Å². The predicted octanol–water partition coefficient (Wildman–Crippen LogP) is 6.94. The number of fused-ring (bicyclic) bond motifs is 1. The largest absolute Gasteiger partial charge is 0.489 e. The van der Waals surface area contributed by atoms with Crippen LogP contribution in [-0.2, 0) is 13.2 Å². The van der Waals surface area contributed by atoms with Gasteiger partial charge >= 0.3 is 0 Å². The molecule has 2 fully saturated rings. The van der Waals surface area contributed by atoms with Crippen LogP contribution in [0, 0.1) is 5.41 Å². The van der Waals surface area contributed by atoms with E-state index in [4.69, 9.17) is 4.74 Å². The molecule has 0 aromatic heterocycles. The first-order chi connectivity index (χ1) is 18.7. The Morgan fingerprint density at radius 1 is 0.711 bits per heavy atom. The Morgan fingerprint density at radius 2 is 1.37 bits per heavy atom. The van der Waals surface area contributed by atoms with Gasteiger partial charge in [0.1, 0.15) is 12.4 Å². The van der Waals surface area contributed by atoms with Gasteiger partial charge in [0.05, 0.1) is 0 Å². The second-order valence-electron chi connectivity index (χ2n) is 11.0. The Kier molecular flexibility index (Phi) is 7.15. The van der Waals surface area contributed by atoms with E-state index in [1.165, 1.54) is 29.4 Å². The normalized spacial score (nSPS) is 17.5. The third-order valence-electron chi connectivity index (χ3n) is 8.63. The Labute approximate surface area is 225 Å². The summed E-state index contributed by atoms with van der Waals surface area (Å²) in [5, 5.41) is 2.31. The molecule has 1 spiro atoms. The highest BCUT2D eigenvalue weighted by molar-refractivity contribution is 5.98. The zero-order valence-corrected chi connectivity index (χ0v) is 22.0. The molecule has 2 saturated heterocycles. The first-order valence-corrected chi connectivity index (χ1v) is 13.9. The van der Waals surface area contributed by atoms with E-state index in [0.29, 0.717) is 12.0 Å². The lowest BCUT2D eigenvalue weighted by Gasteiger charge is -2.47. The summed E-state index contributed by atoms with van der Waals surface area (Å²) in [4.78, 5) is 17.9. The maximum atomic E-state index is 13.3. The van der Waals surface area contributed by atoms with Gasteiger partial charge < -0.3 is 9.64 Å². The summed E-state index contributed by atoms with van der Waals surface area (Å²) < 4.78 is 6.20. The van der Waals surface area contributed by atoms with Crippen molar-refractivity contribution in [2.45, 2.75) is 38.8 Å². The molecule has 4 aromatic rings. The summed E-state index contributed by atoms with van der Waals surface area (Å²) in [6.07, 6.45) is 4.63.